The molecule has 1 aliphatic carbocycles. The predicted molar refractivity (Wildman–Crippen MR) is 84.5 cm³/mol. The van der Waals surface area contributed by atoms with Gasteiger partial charge in [-0.15, -0.1) is 0 Å². The first-order valence-corrected chi connectivity index (χ1v) is 9.00. The molecule has 1 aromatic rings. The van der Waals surface area contributed by atoms with E-state index >= 15 is 0 Å². The van der Waals surface area contributed by atoms with Gasteiger partial charge in [0.05, 0.1) is 10.8 Å². The molecule has 1 aromatic carbocycles. The zero-order valence-corrected chi connectivity index (χ0v) is 13.7. The fourth-order valence-corrected chi connectivity index (χ4v) is 4.62. The SMILES string of the molecule is CC(C)c1ccc2c(c1)C(NC1CC1)C(C)C(C)S2=O. The minimum Gasteiger partial charge on any atom is -0.307 e. The van der Waals surface area contributed by atoms with Crippen molar-refractivity contribution in [3.05, 3.63) is 29.3 Å². The van der Waals surface area contributed by atoms with E-state index in [4.69, 9.17) is 0 Å². The molecule has 3 rings (SSSR count). The van der Waals surface area contributed by atoms with E-state index in [0.29, 0.717) is 23.9 Å². The highest BCUT2D eigenvalue weighted by Gasteiger charge is 2.39. The summed E-state index contributed by atoms with van der Waals surface area (Å²) >= 11 is 0. The van der Waals surface area contributed by atoms with Gasteiger partial charge in [0.2, 0.25) is 0 Å². The standard InChI is InChI=1S/C17H25NOS/c1-10(2)13-5-8-16-15(9-13)17(18-14-6-7-14)11(3)12(4)20(16)19/h5,8-12,14,17-18H,6-7H2,1-4H3. The first-order valence-electron chi connectivity index (χ1n) is 7.79. The van der Waals surface area contributed by atoms with E-state index < -0.39 is 10.8 Å². The van der Waals surface area contributed by atoms with Crippen LogP contribution in [0.3, 0.4) is 0 Å². The van der Waals surface area contributed by atoms with Gasteiger partial charge in [-0.3, -0.25) is 4.21 Å². The molecule has 110 valence electrons. The van der Waals surface area contributed by atoms with Crippen LogP contribution in [0.4, 0.5) is 0 Å². The van der Waals surface area contributed by atoms with Gasteiger partial charge in [-0.2, -0.15) is 0 Å². The van der Waals surface area contributed by atoms with Crippen LogP contribution in [0.2, 0.25) is 0 Å². The van der Waals surface area contributed by atoms with Gasteiger partial charge in [0.25, 0.3) is 0 Å². The van der Waals surface area contributed by atoms with Gasteiger partial charge in [0, 0.05) is 22.2 Å². The average molecular weight is 291 g/mol. The van der Waals surface area contributed by atoms with Crippen LogP contribution in [0.5, 0.6) is 0 Å². The van der Waals surface area contributed by atoms with E-state index in [1.54, 1.807) is 0 Å². The molecule has 1 fully saturated rings. The molecule has 2 nitrogen and oxygen atoms in total. The Bertz CT molecular complexity index is 536. The third-order valence-electron chi connectivity index (χ3n) is 4.85. The average Bonchev–Trinajstić information content (AvgIpc) is 3.24. The van der Waals surface area contributed by atoms with Crippen molar-refractivity contribution < 1.29 is 4.21 Å². The molecule has 0 spiro atoms. The van der Waals surface area contributed by atoms with E-state index in [0.717, 1.165) is 4.90 Å². The lowest BCUT2D eigenvalue weighted by atomic mass is 9.89. The molecule has 1 heterocycles. The maximum atomic E-state index is 12.6. The van der Waals surface area contributed by atoms with Gasteiger partial charge in [-0.25, -0.2) is 0 Å². The number of fused-ring (bicyclic) bond motifs is 1. The number of hydrogen-bond donors (Lipinski definition) is 1. The van der Waals surface area contributed by atoms with Crippen molar-refractivity contribution in [2.24, 2.45) is 5.92 Å². The van der Waals surface area contributed by atoms with E-state index in [1.165, 1.54) is 24.0 Å². The minimum atomic E-state index is -0.867. The second-order valence-electron chi connectivity index (χ2n) is 6.73. The van der Waals surface area contributed by atoms with Crippen molar-refractivity contribution in [3.8, 4) is 0 Å². The summed E-state index contributed by atoms with van der Waals surface area (Å²) < 4.78 is 12.6. The smallest absolute Gasteiger partial charge is 0.0564 e. The van der Waals surface area contributed by atoms with Crippen LogP contribution < -0.4 is 5.32 Å². The molecule has 0 amide bonds. The molecule has 2 aliphatic rings. The van der Waals surface area contributed by atoms with Crippen molar-refractivity contribution in [1.82, 2.24) is 5.32 Å². The zero-order valence-electron chi connectivity index (χ0n) is 12.8. The van der Waals surface area contributed by atoms with Crippen LogP contribution in [-0.2, 0) is 10.8 Å². The van der Waals surface area contributed by atoms with E-state index in [9.17, 15) is 4.21 Å². The Morgan fingerprint density at radius 2 is 1.95 bits per heavy atom. The zero-order chi connectivity index (χ0) is 14.4. The topological polar surface area (TPSA) is 29.1 Å². The molecule has 3 heteroatoms. The summed E-state index contributed by atoms with van der Waals surface area (Å²) in [5.41, 5.74) is 2.64. The number of nitrogens with one attached hydrogen (secondary N) is 1. The van der Waals surface area contributed by atoms with Gasteiger partial charge in [0.1, 0.15) is 0 Å². The molecule has 1 saturated carbocycles. The summed E-state index contributed by atoms with van der Waals surface area (Å²) in [5.74, 6) is 0.941. The third kappa shape index (κ3) is 2.46. The van der Waals surface area contributed by atoms with Crippen LogP contribution in [0.15, 0.2) is 23.1 Å². The predicted octanol–water partition coefficient (Wildman–Crippen LogP) is 3.75. The second-order valence-corrected chi connectivity index (χ2v) is 8.51. The Kier molecular flexibility index (Phi) is 3.76. The molecule has 1 N–H and O–H groups in total. The molecule has 0 saturated heterocycles. The van der Waals surface area contributed by atoms with E-state index in [1.807, 2.05) is 0 Å². The summed E-state index contributed by atoms with van der Waals surface area (Å²) in [6.07, 6.45) is 2.58. The highest BCUT2D eigenvalue weighted by molar-refractivity contribution is 7.85. The van der Waals surface area contributed by atoms with Crippen LogP contribution in [-0.4, -0.2) is 15.5 Å². The lowest BCUT2D eigenvalue weighted by Crippen LogP contribution is -2.40. The van der Waals surface area contributed by atoms with Crippen LogP contribution in [0.1, 0.15) is 63.6 Å². The van der Waals surface area contributed by atoms with E-state index in [2.05, 4.69) is 51.2 Å². The van der Waals surface area contributed by atoms with Gasteiger partial charge in [0.15, 0.2) is 0 Å². The summed E-state index contributed by atoms with van der Waals surface area (Å²) in [6.45, 7) is 8.81. The molecule has 0 aromatic heterocycles. The summed E-state index contributed by atoms with van der Waals surface area (Å²) in [4.78, 5) is 1.05. The molecular weight excluding hydrogens is 266 g/mol. The quantitative estimate of drug-likeness (QED) is 0.919. The van der Waals surface area contributed by atoms with Gasteiger partial charge in [-0.05, 0) is 41.9 Å². The Morgan fingerprint density at radius 3 is 2.55 bits per heavy atom. The summed E-state index contributed by atoms with van der Waals surface area (Å²) in [6, 6.07) is 7.59. The van der Waals surface area contributed by atoms with Gasteiger partial charge < -0.3 is 5.32 Å². The van der Waals surface area contributed by atoms with Crippen LogP contribution >= 0.6 is 0 Å². The first kappa shape index (κ1) is 14.3. The Morgan fingerprint density at radius 1 is 1.25 bits per heavy atom. The highest BCUT2D eigenvalue weighted by Crippen LogP contribution is 2.41. The third-order valence-corrected chi connectivity index (χ3v) is 6.76. The van der Waals surface area contributed by atoms with Crippen molar-refractivity contribution in [2.45, 2.75) is 68.7 Å². The minimum absolute atomic E-state index is 0.226. The second kappa shape index (κ2) is 5.27. The lowest BCUT2D eigenvalue weighted by Gasteiger charge is -2.36. The highest BCUT2D eigenvalue weighted by atomic mass is 32.2. The maximum absolute atomic E-state index is 12.6. The number of hydrogen-bond acceptors (Lipinski definition) is 2. The molecule has 20 heavy (non-hydrogen) atoms. The van der Waals surface area contributed by atoms with Crippen LogP contribution in [0.25, 0.3) is 0 Å². The summed E-state index contributed by atoms with van der Waals surface area (Å²) in [5, 5.41) is 4.01. The molecule has 0 bridgehead atoms. The molecule has 1 aliphatic heterocycles. The molecule has 4 atom stereocenters. The Balaban J connectivity index is 2.04. The number of benzene rings is 1. The molecule has 4 unspecified atom stereocenters. The maximum Gasteiger partial charge on any atom is 0.0564 e. The van der Waals surface area contributed by atoms with Crippen molar-refractivity contribution in [1.29, 1.82) is 0 Å². The van der Waals surface area contributed by atoms with Crippen LogP contribution in [0, 0.1) is 5.92 Å². The Hall–Kier alpha value is -0.670. The van der Waals surface area contributed by atoms with Gasteiger partial charge in [-0.1, -0.05) is 39.8 Å². The van der Waals surface area contributed by atoms with Crippen molar-refractivity contribution >= 4 is 10.8 Å². The largest absolute Gasteiger partial charge is 0.307 e. The van der Waals surface area contributed by atoms with Gasteiger partial charge >= 0.3 is 0 Å². The monoisotopic (exact) mass is 291 g/mol. The fourth-order valence-electron chi connectivity index (χ4n) is 3.05. The number of rotatable bonds is 3. The first-order chi connectivity index (χ1) is 9.49. The van der Waals surface area contributed by atoms with Crippen molar-refractivity contribution in [2.75, 3.05) is 0 Å². The lowest BCUT2D eigenvalue weighted by molar-refractivity contribution is 0.363. The molecular formula is C17H25NOS. The van der Waals surface area contributed by atoms with Crippen molar-refractivity contribution in [3.63, 3.8) is 0 Å². The normalized spacial score (nSPS) is 33.2. The van der Waals surface area contributed by atoms with E-state index in [-0.39, 0.29) is 5.25 Å². The molecule has 0 radical (unpaired) electrons. The Labute approximate surface area is 124 Å². The fraction of sp³-hybridized carbons (Fsp3) is 0.647. The summed E-state index contributed by atoms with van der Waals surface area (Å²) in [7, 11) is -0.867.